The molecule has 3 rings (SSSR count). The quantitative estimate of drug-likeness (QED) is 0.674. The van der Waals surface area contributed by atoms with Crippen molar-refractivity contribution >= 4 is 5.96 Å². The van der Waals surface area contributed by atoms with Gasteiger partial charge in [0.25, 0.3) is 0 Å². The third kappa shape index (κ3) is 3.05. The molecule has 0 aromatic carbocycles. The van der Waals surface area contributed by atoms with Crippen molar-refractivity contribution in [3.05, 3.63) is 17.5 Å². The van der Waals surface area contributed by atoms with Crippen LogP contribution in [-0.4, -0.2) is 49.4 Å². The van der Waals surface area contributed by atoms with Gasteiger partial charge in [-0.05, 0) is 19.3 Å². The highest BCUT2D eigenvalue weighted by Crippen LogP contribution is 2.38. The van der Waals surface area contributed by atoms with Crippen molar-refractivity contribution in [2.45, 2.75) is 32.7 Å². The van der Waals surface area contributed by atoms with Crippen molar-refractivity contribution in [3.8, 4) is 0 Å². The Hall–Kier alpha value is -1.56. The van der Waals surface area contributed by atoms with Gasteiger partial charge < -0.3 is 19.5 Å². The molecule has 1 N–H and O–H groups in total. The normalized spacial score (nSPS) is 26.0. The molecule has 2 fully saturated rings. The predicted molar refractivity (Wildman–Crippen MR) is 80.1 cm³/mol. The number of likely N-dealkylation sites (tertiary alicyclic amines) is 1. The van der Waals surface area contributed by atoms with Gasteiger partial charge >= 0.3 is 0 Å². The molecule has 1 aromatic rings. The van der Waals surface area contributed by atoms with Crippen LogP contribution < -0.4 is 5.32 Å². The molecule has 6 nitrogen and oxygen atoms in total. The molecule has 1 spiro atoms. The van der Waals surface area contributed by atoms with E-state index in [-0.39, 0.29) is 0 Å². The van der Waals surface area contributed by atoms with Crippen molar-refractivity contribution in [1.82, 2.24) is 15.4 Å². The molecule has 2 aliphatic heterocycles. The molecule has 0 radical (unpaired) electrons. The number of guanidine groups is 1. The maximum atomic E-state index is 5.58. The minimum absolute atomic E-state index is 0.346. The van der Waals surface area contributed by atoms with Crippen LogP contribution in [0.5, 0.6) is 0 Å². The van der Waals surface area contributed by atoms with Gasteiger partial charge in [-0.25, -0.2) is 0 Å². The number of rotatable bonds is 3. The molecule has 0 saturated carbocycles. The van der Waals surface area contributed by atoms with E-state index in [0.29, 0.717) is 12.0 Å². The zero-order valence-corrected chi connectivity index (χ0v) is 12.9. The van der Waals surface area contributed by atoms with Crippen LogP contribution in [0, 0.1) is 5.41 Å². The second kappa shape index (κ2) is 6.05. The van der Waals surface area contributed by atoms with Crippen LogP contribution in [0.4, 0.5) is 0 Å². The lowest BCUT2D eigenvalue weighted by atomic mass is 9.87. The SMILES string of the molecule is CCc1cc(CNC(=NC)N2CCC3(CCOC3)C2)on1. The van der Waals surface area contributed by atoms with E-state index in [1.165, 1.54) is 12.8 Å². The Balaban J connectivity index is 1.56. The number of nitrogens with zero attached hydrogens (tertiary/aromatic N) is 3. The number of aromatic nitrogens is 1. The summed E-state index contributed by atoms with van der Waals surface area (Å²) in [7, 11) is 1.83. The Morgan fingerprint density at radius 1 is 1.52 bits per heavy atom. The second-order valence-corrected chi connectivity index (χ2v) is 6.01. The average Bonchev–Trinajstić information content (AvgIpc) is 3.23. The van der Waals surface area contributed by atoms with Crippen LogP contribution in [0.2, 0.25) is 0 Å². The van der Waals surface area contributed by atoms with E-state index >= 15 is 0 Å². The molecular weight excluding hydrogens is 268 g/mol. The van der Waals surface area contributed by atoms with E-state index in [4.69, 9.17) is 9.26 Å². The van der Waals surface area contributed by atoms with E-state index in [9.17, 15) is 0 Å². The summed E-state index contributed by atoms with van der Waals surface area (Å²) in [6.45, 7) is 6.56. The minimum atomic E-state index is 0.346. The topological polar surface area (TPSA) is 62.9 Å². The van der Waals surface area contributed by atoms with Crippen LogP contribution in [-0.2, 0) is 17.7 Å². The summed E-state index contributed by atoms with van der Waals surface area (Å²) in [5.74, 6) is 1.79. The van der Waals surface area contributed by atoms with Crippen molar-refractivity contribution in [1.29, 1.82) is 0 Å². The first-order valence-electron chi connectivity index (χ1n) is 7.72. The summed E-state index contributed by atoms with van der Waals surface area (Å²) < 4.78 is 10.9. The van der Waals surface area contributed by atoms with Crippen LogP contribution >= 0.6 is 0 Å². The molecule has 2 saturated heterocycles. The molecule has 1 unspecified atom stereocenters. The number of aliphatic imine (C=N–C) groups is 1. The third-order valence-electron chi connectivity index (χ3n) is 4.53. The van der Waals surface area contributed by atoms with Gasteiger partial charge in [-0.1, -0.05) is 12.1 Å². The van der Waals surface area contributed by atoms with Gasteiger partial charge in [-0.2, -0.15) is 0 Å². The van der Waals surface area contributed by atoms with Crippen molar-refractivity contribution in [2.75, 3.05) is 33.4 Å². The summed E-state index contributed by atoms with van der Waals surface area (Å²) in [5, 5.41) is 7.38. The van der Waals surface area contributed by atoms with Crippen LogP contribution in [0.1, 0.15) is 31.2 Å². The van der Waals surface area contributed by atoms with Crippen molar-refractivity contribution in [2.24, 2.45) is 10.4 Å². The third-order valence-corrected chi connectivity index (χ3v) is 4.53. The van der Waals surface area contributed by atoms with E-state index in [0.717, 1.165) is 50.1 Å². The Labute approximate surface area is 125 Å². The molecule has 2 aliphatic rings. The van der Waals surface area contributed by atoms with Crippen LogP contribution in [0.3, 0.4) is 0 Å². The zero-order valence-electron chi connectivity index (χ0n) is 12.9. The summed E-state index contributed by atoms with van der Waals surface area (Å²) in [5.41, 5.74) is 1.34. The van der Waals surface area contributed by atoms with Gasteiger partial charge in [0.15, 0.2) is 11.7 Å². The first-order valence-corrected chi connectivity index (χ1v) is 7.72. The number of aryl methyl sites for hydroxylation is 1. The molecule has 6 heteroatoms. The highest BCUT2D eigenvalue weighted by Gasteiger charge is 2.42. The van der Waals surface area contributed by atoms with Crippen LogP contribution in [0.15, 0.2) is 15.6 Å². The van der Waals surface area contributed by atoms with Crippen molar-refractivity contribution < 1.29 is 9.26 Å². The van der Waals surface area contributed by atoms with E-state index in [2.05, 4.69) is 27.3 Å². The van der Waals surface area contributed by atoms with Gasteiger partial charge in [0, 0.05) is 38.2 Å². The monoisotopic (exact) mass is 292 g/mol. The first kappa shape index (κ1) is 14.4. The molecule has 0 amide bonds. The predicted octanol–water partition coefficient (Wildman–Crippen LogP) is 1.42. The number of ether oxygens (including phenoxy) is 1. The molecule has 1 aromatic heterocycles. The molecule has 3 heterocycles. The van der Waals surface area contributed by atoms with Crippen molar-refractivity contribution in [3.63, 3.8) is 0 Å². The second-order valence-electron chi connectivity index (χ2n) is 6.01. The Morgan fingerprint density at radius 2 is 2.43 bits per heavy atom. The highest BCUT2D eigenvalue weighted by molar-refractivity contribution is 5.80. The molecule has 116 valence electrons. The summed E-state index contributed by atoms with van der Waals surface area (Å²) in [6, 6.07) is 2.00. The highest BCUT2D eigenvalue weighted by atomic mass is 16.5. The number of hydrogen-bond donors (Lipinski definition) is 1. The summed E-state index contributed by atoms with van der Waals surface area (Å²) in [6.07, 6.45) is 3.26. The van der Waals surface area contributed by atoms with Gasteiger partial charge in [0.1, 0.15) is 0 Å². The molecule has 21 heavy (non-hydrogen) atoms. The fraction of sp³-hybridized carbons (Fsp3) is 0.733. The van der Waals surface area contributed by atoms with Crippen LogP contribution in [0.25, 0.3) is 0 Å². The van der Waals surface area contributed by atoms with Gasteiger partial charge in [0.2, 0.25) is 0 Å². The molecule has 0 aliphatic carbocycles. The maximum absolute atomic E-state index is 5.58. The standard InChI is InChI=1S/C15H24N4O2/c1-3-12-8-13(21-18-12)9-17-14(16-2)19-6-4-15(10-19)5-7-20-11-15/h8H,3-7,9-11H2,1-2H3,(H,16,17). The lowest BCUT2D eigenvalue weighted by Crippen LogP contribution is -2.41. The van der Waals surface area contributed by atoms with Gasteiger partial charge in [-0.15, -0.1) is 0 Å². The van der Waals surface area contributed by atoms with E-state index < -0.39 is 0 Å². The Morgan fingerprint density at radius 3 is 3.10 bits per heavy atom. The smallest absolute Gasteiger partial charge is 0.194 e. The zero-order chi connectivity index (χ0) is 14.7. The van der Waals surface area contributed by atoms with E-state index in [1.807, 2.05) is 13.1 Å². The fourth-order valence-electron chi connectivity index (χ4n) is 3.19. The molecule has 0 bridgehead atoms. The largest absolute Gasteiger partial charge is 0.381 e. The van der Waals surface area contributed by atoms with E-state index in [1.54, 1.807) is 0 Å². The number of hydrogen-bond acceptors (Lipinski definition) is 4. The summed E-state index contributed by atoms with van der Waals surface area (Å²) in [4.78, 5) is 6.72. The lowest BCUT2D eigenvalue weighted by Gasteiger charge is -2.24. The Kier molecular flexibility index (Phi) is 4.14. The average molecular weight is 292 g/mol. The Bertz CT molecular complexity index is 506. The molecule has 1 atom stereocenters. The number of nitrogens with one attached hydrogen (secondary N) is 1. The fourth-order valence-corrected chi connectivity index (χ4v) is 3.19. The van der Waals surface area contributed by atoms with Gasteiger partial charge in [0.05, 0.1) is 18.8 Å². The minimum Gasteiger partial charge on any atom is -0.381 e. The summed E-state index contributed by atoms with van der Waals surface area (Å²) >= 11 is 0. The lowest BCUT2D eigenvalue weighted by molar-refractivity contribution is 0.156. The van der Waals surface area contributed by atoms with Gasteiger partial charge in [-0.3, -0.25) is 4.99 Å². The maximum Gasteiger partial charge on any atom is 0.194 e. The molecular formula is C15H24N4O2. The first-order chi connectivity index (χ1) is 10.2.